The average Bonchev–Trinajstić information content (AvgIpc) is 3.34. The summed E-state index contributed by atoms with van der Waals surface area (Å²) in [6, 6.07) is 10.6. The molecule has 2 aromatic carbocycles. The van der Waals surface area contributed by atoms with Gasteiger partial charge in [-0.15, -0.1) is 0 Å². The van der Waals surface area contributed by atoms with Crippen LogP contribution in [-0.2, 0) is 0 Å². The van der Waals surface area contributed by atoms with Crippen molar-refractivity contribution >= 4 is 34.2 Å². The number of hydrogen-bond acceptors (Lipinski definition) is 3. The van der Waals surface area contributed by atoms with Crippen LogP contribution in [0.2, 0.25) is 5.02 Å². The number of amides is 1. The van der Waals surface area contributed by atoms with Crippen molar-refractivity contribution in [2.24, 2.45) is 5.92 Å². The van der Waals surface area contributed by atoms with Crippen LogP contribution in [0.4, 0.5) is 14.5 Å². The average molecular weight is 419 g/mol. The number of fused-ring (bicyclic) bond motifs is 1. The van der Waals surface area contributed by atoms with Crippen molar-refractivity contribution in [3.63, 3.8) is 0 Å². The van der Waals surface area contributed by atoms with Gasteiger partial charge in [0.15, 0.2) is 5.82 Å². The summed E-state index contributed by atoms with van der Waals surface area (Å²) in [5, 5.41) is 3.67. The molecular weight excluding hydrogens is 398 g/mol. The summed E-state index contributed by atoms with van der Waals surface area (Å²) >= 11 is 6.13. The number of aromatic amines is 1. The van der Waals surface area contributed by atoms with Gasteiger partial charge in [0.25, 0.3) is 12.3 Å². The monoisotopic (exact) mass is 418 g/mol. The zero-order valence-electron chi connectivity index (χ0n) is 15.9. The third kappa shape index (κ3) is 4.19. The molecule has 1 aromatic heterocycles. The first-order valence-electron chi connectivity index (χ1n) is 9.48. The Hall–Kier alpha value is -2.67. The van der Waals surface area contributed by atoms with Gasteiger partial charge in [-0.05, 0) is 55.2 Å². The van der Waals surface area contributed by atoms with Crippen LogP contribution in [0.25, 0.3) is 11.0 Å². The zero-order valence-corrected chi connectivity index (χ0v) is 16.6. The van der Waals surface area contributed by atoms with E-state index in [9.17, 15) is 13.6 Å². The van der Waals surface area contributed by atoms with Crippen LogP contribution in [0.15, 0.2) is 36.4 Å². The van der Waals surface area contributed by atoms with Crippen molar-refractivity contribution in [3.8, 4) is 0 Å². The molecule has 1 fully saturated rings. The molecule has 8 heteroatoms. The predicted octanol–water partition coefficient (Wildman–Crippen LogP) is 4.72. The van der Waals surface area contributed by atoms with E-state index < -0.39 is 6.43 Å². The largest absolute Gasteiger partial charge is 0.371 e. The van der Waals surface area contributed by atoms with E-state index in [0.717, 1.165) is 25.2 Å². The second-order valence-electron chi connectivity index (χ2n) is 7.40. The molecule has 4 rings (SSSR count). The number of imidazole rings is 1. The van der Waals surface area contributed by atoms with Crippen LogP contribution >= 0.6 is 11.6 Å². The minimum absolute atomic E-state index is 0.225. The Bertz CT molecular complexity index is 1050. The molecule has 2 heterocycles. The van der Waals surface area contributed by atoms with Crippen LogP contribution < -0.4 is 10.2 Å². The first-order valence-corrected chi connectivity index (χ1v) is 9.85. The van der Waals surface area contributed by atoms with Crippen molar-refractivity contribution in [1.82, 2.24) is 15.3 Å². The van der Waals surface area contributed by atoms with Crippen molar-refractivity contribution in [2.75, 3.05) is 24.5 Å². The first kappa shape index (κ1) is 19.6. The lowest BCUT2D eigenvalue weighted by atomic mass is 10.1. The third-order valence-corrected chi connectivity index (χ3v) is 5.55. The molecule has 1 atom stereocenters. The zero-order chi connectivity index (χ0) is 20.5. The van der Waals surface area contributed by atoms with E-state index in [0.29, 0.717) is 34.1 Å². The number of hydrogen-bond donors (Lipinski definition) is 2. The van der Waals surface area contributed by atoms with Gasteiger partial charge in [0.2, 0.25) is 0 Å². The maximum Gasteiger partial charge on any atom is 0.295 e. The molecule has 1 aliphatic rings. The van der Waals surface area contributed by atoms with Crippen molar-refractivity contribution in [3.05, 3.63) is 58.4 Å². The number of aromatic nitrogens is 2. The summed E-state index contributed by atoms with van der Waals surface area (Å²) in [7, 11) is 0. The highest BCUT2D eigenvalue weighted by molar-refractivity contribution is 6.30. The summed E-state index contributed by atoms with van der Waals surface area (Å²) in [5.41, 5.74) is 3.57. The lowest BCUT2D eigenvalue weighted by Gasteiger charge is -2.21. The molecule has 0 spiro atoms. The molecule has 3 aromatic rings. The number of rotatable bonds is 5. The Morgan fingerprint density at radius 3 is 2.97 bits per heavy atom. The number of benzene rings is 2. The molecule has 1 amide bonds. The molecule has 152 valence electrons. The van der Waals surface area contributed by atoms with E-state index >= 15 is 0 Å². The number of nitrogens with zero attached hydrogens (tertiary/aromatic N) is 2. The Morgan fingerprint density at radius 2 is 2.17 bits per heavy atom. The standard InChI is InChI=1S/C21H21ClF2N4O/c1-12-2-4-15(22)9-18(12)28-7-6-13(11-28)10-25-21(29)14-3-5-16-17(8-14)27-20(26-16)19(23)24/h2-5,8-9,13,19H,6-7,10-11H2,1H3,(H,25,29)(H,26,27). The van der Waals surface area contributed by atoms with Crippen molar-refractivity contribution in [1.29, 1.82) is 0 Å². The van der Waals surface area contributed by atoms with Crippen molar-refractivity contribution in [2.45, 2.75) is 19.8 Å². The molecule has 1 aliphatic heterocycles. The molecule has 0 radical (unpaired) electrons. The number of nitrogens with one attached hydrogen (secondary N) is 2. The molecule has 2 N–H and O–H groups in total. The fraction of sp³-hybridized carbons (Fsp3) is 0.333. The van der Waals surface area contributed by atoms with E-state index in [4.69, 9.17) is 11.6 Å². The normalized spacial score (nSPS) is 16.7. The van der Waals surface area contributed by atoms with E-state index in [1.54, 1.807) is 18.2 Å². The smallest absolute Gasteiger partial charge is 0.295 e. The van der Waals surface area contributed by atoms with Crippen molar-refractivity contribution < 1.29 is 13.6 Å². The summed E-state index contributed by atoms with van der Waals surface area (Å²) in [6.07, 6.45) is -1.70. The predicted molar refractivity (Wildman–Crippen MR) is 110 cm³/mol. The van der Waals surface area contributed by atoms with Crippen LogP contribution in [0.1, 0.15) is 34.6 Å². The molecular formula is C21H21ClF2N4O. The molecule has 0 bridgehead atoms. The molecule has 1 saturated heterocycles. The summed E-state index contributed by atoms with van der Waals surface area (Å²) in [5.74, 6) is -0.281. The number of anilines is 1. The summed E-state index contributed by atoms with van der Waals surface area (Å²) < 4.78 is 25.5. The Labute approximate surface area is 172 Å². The lowest BCUT2D eigenvalue weighted by Crippen LogP contribution is -2.31. The molecule has 0 saturated carbocycles. The van der Waals surface area contributed by atoms with Gasteiger partial charge in [-0.1, -0.05) is 17.7 Å². The summed E-state index contributed by atoms with van der Waals surface area (Å²) in [6.45, 7) is 4.38. The fourth-order valence-electron chi connectivity index (χ4n) is 3.75. The van der Waals surface area contributed by atoms with Crippen LogP contribution in [0, 0.1) is 12.8 Å². The van der Waals surface area contributed by atoms with Gasteiger partial charge < -0.3 is 15.2 Å². The van der Waals surface area contributed by atoms with Gasteiger partial charge in [0, 0.05) is 35.9 Å². The third-order valence-electron chi connectivity index (χ3n) is 5.32. The number of H-pyrrole nitrogens is 1. The minimum atomic E-state index is -2.67. The Kier molecular flexibility index (Phi) is 5.41. The maximum absolute atomic E-state index is 12.8. The topological polar surface area (TPSA) is 61.0 Å². The van der Waals surface area contributed by atoms with Gasteiger partial charge in [-0.25, -0.2) is 13.8 Å². The van der Waals surface area contributed by atoms with E-state index in [2.05, 4.69) is 27.1 Å². The number of halogens is 3. The molecule has 1 unspecified atom stereocenters. The fourth-order valence-corrected chi connectivity index (χ4v) is 3.92. The van der Waals surface area contributed by atoms with E-state index in [1.165, 1.54) is 5.56 Å². The van der Waals surface area contributed by atoms with Gasteiger partial charge in [-0.3, -0.25) is 4.79 Å². The molecule has 5 nitrogen and oxygen atoms in total. The number of alkyl halides is 2. The highest BCUT2D eigenvalue weighted by atomic mass is 35.5. The Balaban J connectivity index is 1.37. The molecule has 29 heavy (non-hydrogen) atoms. The minimum Gasteiger partial charge on any atom is -0.371 e. The second kappa shape index (κ2) is 7.99. The molecule has 0 aliphatic carbocycles. The first-order chi connectivity index (χ1) is 13.9. The van der Waals surface area contributed by atoms with Crippen LogP contribution in [0.5, 0.6) is 0 Å². The highest BCUT2D eigenvalue weighted by Crippen LogP contribution is 2.29. The quantitative estimate of drug-likeness (QED) is 0.630. The second-order valence-corrected chi connectivity index (χ2v) is 7.83. The SMILES string of the molecule is Cc1ccc(Cl)cc1N1CCC(CNC(=O)c2ccc3nc(C(F)F)[nH]c3c2)C1. The van der Waals surface area contributed by atoms with E-state index in [1.807, 2.05) is 18.2 Å². The highest BCUT2D eigenvalue weighted by Gasteiger charge is 2.24. The number of aryl methyl sites for hydroxylation is 1. The maximum atomic E-state index is 12.8. The van der Waals surface area contributed by atoms with E-state index in [-0.39, 0.29) is 11.7 Å². The number of carbonyl (C=O) groups is 1. The van der Waals surface area contributed by atoms with Gasteiger partial charge in [0.05, 0.1) is 11.0 Å². The van der Waals surface area contributed by atoms with Crippen LogP contribution in [0.3, 0.4) is 0 Å². The van der Waals surface area contributed by atoms with Crippen LogP contribution in [-0.4, -0.2) is 35.5 Å². The van der Waals surface area contributed by atoms with Gasteiger partial charge >= 0.3 is 0 Å². The lowest BCUT2D eigenvalue weighted by molar-refractivity contribution is 0.0948. The number of carbonyl (C=O) groups excluding carboxylic acids is 1. The Morgan fingerprint density at radius 1 is 1.34 bits per heavy atom. The van der Waals surface area contributed by atoms with Gasteiger partial charge in [-0.2, -0.15) is 0 Å². The summed E-state index contributed by atoms with van der Waals surface area (Å²) in [4.78, 5) is 21.2. The van der Waals surface area contributed by atoms with Gasteiger partial charge in [0.1, 0.15) is 0 Å².